The molecule has 0 bridgehead atoms. The number of nitrogens with zero attached hydrogens (tertiary/aromatic N) is 3. The number of piperidine rings is 1. The molecular formula is C22H24N4O2. The summed E-state index contributed by atoms with van der Waals surface area (Å²) < 4.78 is 5.36. The van der Waals surface area contributed by atoms with E-state index in [2.05, 4.69) is 15.2 Å². The molecule has 1 aromatic heterocycles. The lowest BCUT2D eigenvalue weighted by molar-refractivity contribution is -0.125. The minimum atomic E-state index is -0.0586. The molecule has 144 valence electrons. The fraction of sp³-hybridized carbons (Fsp3) is 0.318. The molecule has 1 fully saturated rings. The summed E-state index contributed by atoms with van der Waals surface area (Å²) in [5.41, 5.74) is 2.74. The quantitative estimate of drug-likeness (QED) is 0.741. The maximum atomic E-state index is 12.7. The highest BCUT2D eigenvalue weighted by atomic mass is 16.5. The molecule has 0 unspecified atom stereocenters. The van der Waals surface area contributed by atoms with Crippen LogP contribution < -0.4 is 15.0 Å². The number of carbonyl (C=O) groups excluding carboxylic acids is 1. The van der Waals surface area contributed by atoms with Gasteiger partial charge in [-0.25, -0.2) is 4.98 Å². The molecular weight excluding hydrogens is 352 g/mol. The number of rotatable bonds is 5. The van der Waals surface area contributed by atoms with Crippen molar-refractivity contribution in [3.63, 3.8) is 0 Å². The lowest BCUT2D eigenvalue weighted by Crippen LogP contribution is -2.43. The summed E-state index contributed by atoms with van der Waals surface area (Å²) in [6.45, 7) is 2.02. The van der Waals surface area contributed by atoms with E-state index >= 15 is 0 Å². The Morgan fingerprint density at radius 1 is 1.18 bits per heavy atom. The molecule has 1 aliphatic rings. The van der Waals surface area contributed by atoms with Gasteiger partial charge in [0.05, 0.1) is 30.3 Å². The van der Waals surface area contributed by atoms with Gasteiger partial charge in [-0.15, -0.1) is 0 Å². The number of benzene rings is 2. The minimum Gasteiger partial charge on any atom is -0.496 e. The van der Waals surface area contributed by atoms with Gasteiger partial charge in [-0.1, -0.05) is 30.3 Å². The van der Waals surface area contributed by atoms with E-state index in [0.29, 0.717) is 13.1 Å². The van der Waals surface area contributed by atoms with Crippen molar-refractivity contribution in [2.45, 2.75) is 19.4 Å². The third-order valence-electron chi connectivity index (χ3n) is 5.20. The van der Waals surface area contributed by atoms with Crippen LogP contribution in [0.3, 0.4) is 0 Å². The number of hydrogen-bond donors (Lipinski definition) is 1. The van der Waals surface area contributed by atoms with Gasteiger partial charge in [0.1, 0.15) is 11.6 Å². The van der Waals surface area contributed by atoms with Crippen LogP contribution in [0.5, 0.6) is 5.75 Å². The predicted octanol–water partition coefficient (Wildman–Crippen LogP) is 3.17. The van der Waals surface area contributed by atoms with Crippen LogP contribution in [0.1, 0.15) is 18.4 Å². The van der Waals surface area contributed by atoms with Gasteiger partial charge in [0, 0.05) is 25.2 Å². The Balaban J connectivity index is 1.42. The standard InChI is InChI=1S/C22H24N4O2/c1-28-20-11-5-2-7-16(20)13-24-22(27)17-8-6-12-26(15-17)21-14-23-18-9-3-4-10-19(18)25-21/h2-5,7,9-11,14,17H,6,8,12-13,15H2,1H3,(H,24,27)/t17-/m1/s1. The first-order chi connectivity index (χ1) is 13.7. The normalized spacial score (nSPS) is 16.8. The molecule has 4 rings (SSSR count). The second-order valence-electron chi connectivity index (χ2n) is 7.03. The van der Waals surface area contributed by atoms with Crippen LogP contribution in [0.25, 0.3) is 11.0 Å². The third kappa shape index (κ3) is 3.91. The lowest BCUT2D eigenvalue weighted by atomic mass is 9.97. The van der Waals surface area contributed by atoms with Gasteiger partial charge in [-0.2, -0.15) is 0 Å². The topological polar surface area (TPSA) is 67.3 Å². The predicted molar refractivity (Wildman–Crippen MR) is 109 cm³/mol. The van der Waals surface area contributed by atoms with Crippen LogP contribution in [0, 0.1) is 5.92 Å². The van der Waals surface area contributed by atoms with Crippen molar-refractivity contribution >= 4 is 22.8 Å². The van der Waals surface area contributed by atoms with Crippen LogP contribution >= 0.6 is 0 Å². The number of anilines is 1. The number of hydrogen-bond acceptors (Lipinski definition) is 5. The molecule has 0 spiro atoms. The fourth-order valence-electron chi connectivity index (χ4n) is 3.67. The summed E-state index contributed by atoms with van der Waals surface area (Å²) in [6.07, 6.45) is 3.65. The van der Waals surface area contributed by atoms with Crippen molar-refractivity contribution < 1.29 is 9.53 Å². The molecule has 6 nitrogen and oxygen atoms in total. The van der Waals surface area contributed by atoms with Crippen LogP contribution in [-0.2, 0) is 11.3 Å². The molecule has 1 atom stereocenters. The molecule has 0 saturated carbocycles. The van der Waals surface area contributed by atoms with Crippen LogP contribution in [-0.4, -0.2) is 36.1 Å². The number of para-hydroxylation sites is 3. The number of methoxy groups -OCH3 is 1. The van der Waals surface area contributed by atoms with E-state index < -0.39 is 0 Å². The Bertz CT molecular complexity index is 975. The maximum absolute atomic E-state index is 12.7. The molecule has 1 aliphatic heterocycles. The number of fused-ring (bicyclic) bond motifs is 1. The first-order valence-electron chi connectivity index (χ1n) is 9.61. The zero-order chi connectivity index (χ0) is 19.3. The first-order valence-corrected chi connectivity index (χ1v) is 9.61. The van der Waals surface area contributed by atoms with E-state index in [1.165, 1.54) is 0 Å². The van der Waals surface area contributed by atoms with Gasteiger partial charge in [-0.3, -0.25) is 9.78 Å². The Morgan fingerprint density at radius 3 is 2.82 bits per heavy atom. The second kappa shape index (κ2) is 8.25. The Morgan fingerprint density at radius 2 is 1.96 bits per heavy atom. The van der Waals surface area contributed by atoms with Crippen LogP contribution in [0.4, 0.5) is 5.82 Å². The Hall–Kier alpha value is -3.15. The molecule has 3 aromatic rings. The summed E-state index contributed by atoms with van der Waals surface area (Å²) in [5.74, 6) is 1.64. The zero-order valence-corrected chi connectivity index (χ0v) is 16.0. The van der Waals surface area contributed by atoms with Crippen LogP contribution in [0.2, 0.25) is 0 Å². The van der Waals surface area contributed by atoms with Gasteiger partial charge < -0.3 is 15.0 Å². The van der Waals surface area contributed by atoms with E-state index in [-0.39, 0.29) is 11.8 Å². The third-order valence-corrected chi connectivity index (χ3v) is 5.20. The maximum Gasteiger partial charge on any atom is 0.225 e. The molecule has 2 heterocycles. The molecule has 0 aliphatic carbocycles. The van der Waals surface area contributed by atoms with Crippen molar-refractivity contribution in [3.05, 3.63) is 60.3 Å². The SMILES string of the molecule is COc1ccccc1CNC(=O)[C@@H]1CCCN(c2cnc3ccccc3n2)C1. The molecule has 1 saturated heterocycles. The van der Waals surface area contributed by atoms with E-state index in [9.17, 15) is 4.79 Å². The van der Waals surface area contributed by atoms with Crippen molar-refractivity contribution in [2.24, 2.45) is 5.92 Å². The molecule has 0 radical (unpaired) electrons. The van der Waals surface area contributed by atoms with E-state index in [4.69, 9.17) is 9.72 Å². The van der Waals surface area contributed by atoms with E-state index in [1.807, 2.05) is 48.5 Å². The van der Waals surface area contributed by atoms with Gasteiger partial charge in [0.25, 0.3) is 0 Å². The Labute approximate surface area is 164 Å². The van der Waals surface area contributed by atoms with Gasteiger partial charge in [0.2, 0.25) is 5.91 Å². The smallest absolute Gasteiger partial charge is 0.225 e. The summed E-state index contributed by atoms with van der Waals surface area (Å²) in [7, 11) is 1.64. The summed E-state index contributed by atoms with van der Waals surface area (Å²) in [4.78, 5) is 24.1. The minimum absolute atomic E-state index is 0.0586. The average molecular weight is 376 g/mol. The van der Waals surface area contributed by atoms with Gasteiger partial charge in [-0.05, 0) is 31.0 Å². The largest absolute Gasteiger partial charge is 0.496 e. The summed E-state index contributed by atoms with van der Waals surface area (Å²) >= 11 is 0. The number of carbonyl (C=O) groups is 1. The number of nitrogens with one attached hydrogen (secondary N) is 1. The summed E-state index contributed by atoms with van der Waals surface area (Å²) in [6, 6.07) is 15.6. The highest BCUT2D eigenvalue weighted by molar-refractivity contribution is 5.80. The van der Waals surface area contributed by atoms with Crippen LogP contribution in [0.15, 0.2) is 54.7 Å². The van der Waals surface area contributed by atoms with Crippen molar-refractivity contribution in [1.82, 2.24) is 15.3 Å². The Kier molecular flexibility index (Phi) is 5.37. The highest BCUT2D eigenvalue weighted by Crippen LogP contribution is 2.23. The van der Waals surface area contributed by atoms with Crippen molar-refractivity contribution in [1.29, 1.82) is 0 Å². The number of aromatic nitrogens is 2. The molecule has 1 amide bonds. The second-order valence-corrected chi connectivity index (χ2v) is 7.03. The number of ether oxygens (including phenoxy) is 1. The average Bonchev–Trinajstić information content (AvgIpc) is 2.77. The molecule has 28 heavy (non-hydrogen) atoms. The van der Waals surface area contributed by atoms with Gasteiger partial charge in [0.15, 0.2) is 0 Å². The number of amides is 1. The highest BCUT2D eigenvalue weighted by Gasteiger charge is 2.26. The van der Waals surface area contributed by atoms with Gasteiger partial charge >= 0.3 is 0 Å². The lowest BCUT2D eigenvalue weighted by Gasteiger charge is -2.32. The van der Waals surface area contributed by atoms with E-state index in [0.717, 1.165) is 47.6 Å². The fourth-order valence-corrected chi connectivity index (χ4v) is 3.67. The molecule has 2 aromatic carbocycles. The van der Waals surface area contributed by atoms with Crippen molar-refractivity contribution in [2.75, 3.05) is 25.1 Å². The first kappa shape index (κ1) is 18.2. The molecule has 1 N–H and O–H groups in total. The summed E-state index contributed by atoms with van der Waals surface area (Å²) in [5, 5.41) is 3.06. The monoisotopic (exact) mass is 376 g/mol. The molecule has 6 heteroatoms. The van der Waals surface area contributed by atoms with Crippen molar-refractivity contribution in [3.8, 4) is 5.75 Å². The zero-order valence-electron chi connectivity index (χ0n) is 16.0. The van der Waals surface area contributed by atoms with E-state index in [1.54, 1.807) is 13.3 Å².